The molecule has 1 aliphatic heterocycles. The zero-order valence-electron chi connectivity index (χ0n) is 10.1. The molecule has 1 fully saturated rings. The predicted octanol–water partition coefficient (Wildman–Crippen LogP) is 1.76. The van der Waals surface area contributed by atoms with E-state index in [1.165, 1.54) is 24.5 Å². The van der Waals surface area contributed by atoms with Gasteiger partial charge in [-0.05, 0) is 26.8 Å². The standard InChI is InChI=1S/C12H21N3S/c1-10(2)15-7-4-11(9-15)13-5-3-12-14-6-8-16-12/h6,8,10-11,13H,3-5,7,9H2,1-2H3. The molecule has 0 saturated carbocycles. The van der Waals surface area contributed by atoms with Crippen molar-refractivity contribution in [3.63, 3.8) is 0 Å². The Bertz CT molecular complexity index is 297. The van der Waals surface area contributed by atoms with Crippen LogP contribution in [0.25, 0.3) is 0 Å². The van der Waals surface area contributed by atoms with E-state index in [1.54, 1.807) is 11.3 Å². The number of nitrogens with zero attached hydrogens (tertiary/aromatic N) is 2. The second-order valence-corrected chi connectivity index (χ2v) is 5.68. The molecular formula is C12H21N3S. The van der Waals surface area contributed by atoms with Gasteiger partial charge in [0.15, 0.2) is 0 Å². The minimum Gasteiger partial charge on any atom is -0.312 e. The maximum atomic E-state index is 4.29. The minimum atomic E-state index is 0.683. The Morgan fingerprint density at radius 3 is 3.12 bits per heavy atom. The van der Waals surface area contributed by atoms with Crippen molar-refractivity contribution in [2.45, 2.75) is 38.8 Å². The number of rotatable bonds is 5. The summed E-state index contributed by atoms with van der Waals surface area (Å²) in [6, 6.07) is 1.37. The molecule has 1 aromatic heterocycles. The van der Waals surface area contributed by atoms with Crippen LogP contribution >= 0.6 is 11.3 Å². The van der Waals surface area contributed by atoms with Crippen molar-refractivity contribution < 1.29 is 0 Å². The first kappa shape index (κ1) is 12.0. The van der Waals surface area contributed by atoms with E-state index in [0.717, 1.165) is 13.0 Å². The summed E-state index contributed by atoms with van der Waals surface area (Å²) < 4.78 is 0. The fourth-order valence-corrected chi connectivity index (χ4v) is 2.80. The Morgan fingerprint density at radius 2 is 2.50 bits per heavy atom. The highest BCUT2D eigenvalue weighted by molar-refractivity contribution is 7.09. The Kier molecular flexibility index (Phi) is 4.32. The number of hydrogen-bond acceptors (Lipinski definition) is 4. The number of nitrogens with one attached hydrogen (secondary N) is 1. The van der Waals surface area contributed by atoms with Crippen molar-refractivity contribution in [1.29, 1.82) is 0 Å². The van der Waals surface area contributed by atoms with E-state index in [4.69, 9.17) is 0 Å². The van der Waals surface area contributed by atoms with Crippen molar-refractivity contribution in [2.24, 2.45) is 0 Å². The number of aromatic nitrogens is 1. The fraction of sp³-hybridized carbons (Fsp3) is 0.750. The summed E-state index contributed by atoms with van der Waals surface area (Å²) in [6.07, 6.45) is 4.24. The molecule has 90 valence electrons. The van der Waals surface area contributed by atoms with Crippen LogP contribution in [-0.2, 0) is 6.42 Å². The molecule has 0 spiro atoms. The van der Waals surface area contributed by atoms with E-state index in [1.807, 2.05) is 11.6 Å². The maximum absolute atomic E-state index is 4.29. The molecule has 1 unspecified atom stereocenters. The molecule has 4 heteroatoms. The second-order valence-electron chi connectivity index (χ2n) is 4.70. The highest BCUT2D eigenvalue weighted by atomic mass is 32.1. The minimum absolute atomic E-state index is 0.683. The number of thiazole rings is 1. The molecule has 1 aromatic rings. The van der Waals surface area contributed by atoms with Crippen molar-refractivity contribution in [3.05, 3.63) is 16.6 Å². The molecule has 0 aromatic carbocycles. The smallest absolute Gasteiger partial charge is 0.0937 e. The Labute approximate surface area is 102 Å². The molecule has 1 N–H and O–H groups in total. The zero-order valence-corrected chi connectivity index (χ0v) is 11.0. The lowest BCUT2D eigenvalue weighted by atomic mass is 10.2. The van der Waals surface area contributed by atoms with E-state index in [2.05, 4.69) is 29.0 Å². The maximum Gasteiger partial charge on any atom is 0.0937 e. The summed E-state index contributed by atoms with van der Waals surface area (Å²) in [6.45, 7) is 8.06. The van der Waals surface area contributed by atoms with Gasteiger partial charge >= 0.3 is 0 Å². The SMILES string of the molecule is CC(C)N1CCC(NCCc2nccs2)C1. The molecule has 1 saturated heterocycles. The van der Waals surface area contributed by atoms with Gasteiger partial charge in [-0.1, -0.05) is 0 Å². The first-order valence-corrected chi connectivity index (χ1v) is 6.99. The van der Waals surface area contributed by atoms with Gasteiger partial charge in [0.25, 0.3) is 0 Å². The van der Waals surface area contributed by atoms with E-state index in [0.29, 0.717) is 12.1 Å². The van der Waals surface area contributed by atoms with Gasteiger partial charge in [-0.25, -0.2) is 4.98 Å². The topological polar surface area (TPSA) is 28.2 Å². The van der Waals surface area contributed by atoms with Crippen LogP contribution in [0, 0.1) is 0 Å². The van der Waals surface area contributed by atoms with E-state index < -0.39 is 0 Å². The van der Waals surface area contributed by atoms with E-state index in [9.17, 15) is 0 Å². The molecule has 0 amide bonds. The Balaban J connectivity index is 1.64. The van der Waals surface area contributed by atoms with Gasteiger partial charge in [-0.3, -0.25) is 4.90 Å². The van der Waals surface area contributed by atoms with Crippen LogP contribution < -0.4 is 5.32 Å². The van der Waals surface area contributed by atoms with Crippen LogP contribution in [0.2, 0.25) is 0 Å². The van der Waals surface area contributed by atoms with Crippen molar-refractivity contribution >= 4 is 11.3 Å². The molecule has 1 aliphatic rings. The first-order chi connectivity index (χ1) is 7.75. The highest BCUT2D eigenvalue weighted by Crippen LogP contribution is 2.12. The molecule has 0 radical (unpaired) electrons. The van der Waals surface area contributed by atoms with Crippen LogP contribution in [0.4, 0.5) is 0 Å². The molecular weight excluding hydrogens is 218 g/mol. The third-order valence-corrected chi connectivity index (χ3v) is 4.04. The monoisotopic (exact) mass is 239 g/mol. The zero-order chi connectivity index (χ0) is 11.4. The Morgan fingerprint density at radius 1 is 1.62 bits per heavy atom. The van der Waals surface area contributed by atoms with Crippen LogP contribution in [0.1, 0.15) is 25.3 Å². The third kappa shape index (κ3) is 3.27. The molecule has 16 heavy (non-hydrogen) atoms. The van der Waals surface area contributed by atoms with Crippen LogP contribution in [0.3, 0.4) is 0 Å². The van der Waals surface area contributed by atoms with Gasteiger partial charge in [-0.15, -0.1) is 11.3 Å². The van der Waals surface area contributed by atoms with Gasteiger partial charge in [-0.2, -0.15) is 0 Å². The van der Waals surface area contributed by atoms with Gasteiger partial charge < -0.3 is 5.32 Å². The average molecular weight is 239 g/mol. The quantitative estimate of drug-likeness (QED) is 0.848. The van der Waals surface area contributed by atoms with Crippen LogP contribution in [-0.4, -0.2) is 41.6 Å². The molecule has 2 heterocycles. The van der Waals surface area contributed by atoms with Crippen molar-refractivity contribution in [2.75, 3.05) is 19.6 Å². The molecule has 3 nitrogen and oxygen atoms in total. The first-order valence-electron chi connectivity index (χ1n) is 6.11. The average Bonchev–Trinajstić information content (AvgIpc) is 2.87. The molecule has 1 atom stereocenters. The third-order valence-electron chi connectivity index (χ3n) is 3.21. The molecule has 0 bridgehead atoms. The van der Waals surface area contributed by atoms with Crippen molar-refractivity contribution in [3.8, 4) is 0 Å². The van der Waals surface area contributed by atoms with Gasteiger partial charge in [0, 0.05) is 43.2 Å². The summed E-state index contributed by atoms with van der Waals surface area (Å²) in [7, 11) is 0. The lowest BCUT2D eigenvalue weighted by molar-refractivity contribution is 0.268. The predicted molar refractivity (Wildman–Crippen MR) is 68.9 cm³/mol. The number of hydrogen-bond donors (Lipinski definition) is 1. The largest absolute Gasteiger partial charge is 0.312 e. The summed E-state index contributed by atoms with van der Waals surface area (Å²) in [4.78, 5) is 6.83. The normalized spacial score (nSPS) is 22.1. The summed E-state index contributed by atoms with van der Waals surface area (Å²) in [5.74, 6) is 0. The highest BCUT2D eigenvalue weighted by Gasteiger charge is 2.23. The molecule has 2 rings (SSSR count). The Hall–Kier alpha value is -0.450. The van der Waals surface area contributed by atoms with Crippen molar-refractivity contribution in [1.82, 2.24) is 15.2 Å². The fourth-order valence-electron chi connectivity index (χ4n) is 2.18. The summed E-state index contributed by atoms with van der Waals surface area (Å²) >= 11 is 1.75. The lowest BCUT2D eigenvalue weighted by Crippen LogP contribution is -2.36. The van der Waals surface area contributed by atoms with Crippen LogP contribution in [0.5, 0.6) is 0 Å². The number of likely N-dealkylation sites (tertiary alicyclic amines) is 1. The molecule has 0 aliphatic carbocycles. The van der Waals surface area contributed by atoms with Crippen LogP contribution in [0.15, 0.2) is 11.6 Å². The lowest BCUT2D eigenvalue weighted by Gasteiger charge is -2.20. The second kappa shape index (κ2) is 5.75. The van der Waals surface area contributed by atoms with Gasteiger partial charge in [0.2, 0.25) is 0 Å². The summed E-state index contributed by atoms with van der Waals surface area (Å²) in [5.41, 5.74) is 0. The van der Waals surface area contributed by atoms with Gasteiger partial charge in [0.05, 0.1) is 5.01 Å². The van der Waals surface area contributed by atoms with Gasteiger partial charge in [0.1, 0.15) is 0 Å². The van der Waals surface area contributed by atoms with E-state index in [-0.39, 0.29) is 0 Å². The summed E-state index contributed by atoms with van der Waals surface area (Å²) in [5, 5.41) is 6.92. The van der Waals surface area contributed by atoms with E-state index >= 15 is 0 Å².